The molecule has 0 aliphatic heterocycles. The van der Waals surface area contributed by atoms with Gasteiger partial charge in [0.15, 0.2) is 5.96 Å². The van der Waals surface area contributed by atoms with Gasteiger partial charge in [-0.15, -0.1) is 11.3 Å². The maximum Gasteiger partial charge on any atom is 0.419 e. The Bertz CT molecular complexity index is 760. The van der Waals surface area contributed by atoms with E-state index in [9.17, 15) is 13.2 Å². The summed E-state index contributed by atoms with van der Waals surface area (Å²) in [5.74, 6) is 0.447. The van der Waals surface area contributed by atoms with Crippen LogP contribution >= 0.6 is 11.3 Å². The number of nitrogens with one attached hydrogen (secondary N) is 3. The molecule has 28 heavy (non-hydrogen) atoms. The SMILES string of the molecule is CCNC(=NCCc1ncc(CC)s1)NCCNc1ncccc1C(F)(F)F. The van der Waals surface area contributed by atoms with Crippen molar-refractivity contribution in [3.8, 4) is 0 Å². The minimum Gasteiger partial charge on any atom is -0.368 e. The predicted octanol–water partition coefficient (Wildman–Crippen LogP) is 3.33. The van der Waals surface area contributed by atoms with E-state index in [4.69, 9.17) is 0 Å². The zero-order chi connectivity index (χ0) is 20.4. The Labute approximate surface area is 166 Å². The number of halogens is 3. The molecule has 0 amide bonds. The Morgan fingerprint density at radius 2 is 2.00 bits per heavy atom. The summed E-state index contributed by atoms with van der Waals surface area (Å²) < 4.78 is 38.9. The molecule has 0 spiro atoms. The summed E-state index contributed by atoms with van der Waals surface area (Å²) in [4.78, 5) is 13.9. The number of pyridine rings is 1. The number of nitrogens with zero attached hydrogens (tertiary/aromatic N) is 3. The number of anilines is 1. The second-order valence-corrected chi connectivity index (χ2v) is 7.04. The van der Waals surface area contributed by atoms with Gasteiger partial charge >= 0.3 is 6.18 Å². The van der Waals surface area contributed by atoms with Crippen LogP contribution in [-0.4, -0.2) is 42.1 Å². The van der Waals surface area contributed by atoms with Gasteiger partial charge in [-0.05, 0) is 25.5 Å². The normalized spacial score (nSPS) is 12.1. The molecule has 0 radical (unpaired) electrons. The Hall–Kier alpha value is -2.36. The first-order valence-corrected chi connectivity index (χ1v) is 9.97. The van der Waals surface area contributed by atoms with E-state index in [1.807, 2.05) is 13.1 Å². The van der Waals surface area contributed by atoms with E-state index in [1.54, 1.807) is 11.3 Å². The number of rotatable bonds is 9. The van der Waals surface area contributed by atoms with Gasteiger partial charge < -0.3 is 16.0 Å². The highest BCUT2D eigenvalue weighted by atomic mass is 32.1. The third-order valence-electron chi connectivity index (χ3n) is 3.71. The van der Waals surface area contributed by atoms with Gasteiger partial charge in [0.05, 0.1) is 10.6 Å². The van der Waals surface area contributed by atoms with Gasteiger partial charge in [0, 0.05) is 49.9 Å². The fraction of sp³-hybridized carbons (Fsp3) is 0.500. The van der Waals surface area contributed by atoms with Crippen molar-refractivity contribution in [3.05, 3.63) is 40.0 Å². The van der Waals surface area contributed by atoms with Crippen LogP contribution in [0.5, 0.6) is 0 Å². The molecule has 2 heterocycles. The van der Waals surface area contributed by atoms with Gasteiger partial charge in [-0.1, -0.05) is 6.92 Å². The van der Waals surface area contributed by atoms with E-state index in [1.165, 1.54) is 17.1 Å². The number of aryl methyl sites for hydroxylation is 1. The number of guanidine groups is 1. The van der Waals surface area contributed by atoms with Crippen molar-refractivity contribution in [1.82, 2.24) is 20.6 Å². The minimum absolute atomic E-state index is 0.172. The van der Waals surface area contributed by atoms with Crippen molar-refractivity contribution < 1.29 is 13.2 Å². The van der Waals surface area contributed by atoms with Crippen LogP contribution in [0, 0.1) is 0 Å². The molecule has 0 aromatic carbocycles. The Kier molecular flexibility index (Phi) is 8.49. The van der Waals surface area contributed by atoms with Gasteiger partial charge in [-0.2, -0.15) is 13.2 Å². The third-order valence-corrected chi connectivity index (χ3v) is 4.91. The summed E-state index contributed by atoms with van der Waals surface area (Å²) in [6, 6.07) is 2.28. The molecular weight excluding hydrogens is 389 g/mol. The molecule has 2 aromatic rings. The highest BCUT2D eigenvalue weighted by Gasteiger charge is 2.33. The molecule has 0 aliphatic rings. The molecule has 0 bridgehead atoms. The minimum atomic E-state index is -4.44. The average molecular weight is 415 g/mol. The number of aliphatic imine (C=N–C) groups is 1. The lowest BCUT2D eigenvalue weighted by Gasteiger charge is -2.14. The van der Waals surface area contributed by atoms with Gasteiger partial charge in [0.1, 0.15) is 5.82 Å². The van der Waals surface area contributed by atoms with Crippen LogP contribution in [0.3, 0.4) is 0 Å². The second kappa shape index (κ2) is 10.8. The number of thiazole rings is 1. The maximum absolute atomic E-state index is 13.0. The molecule has 10 heteroatoms. The van der Waals surface area contributed by atoms with Crippen molar-refractivity contribution in [3.63, 3.8) is 0 Å². The molecule has 2 rings (SSSR count). The Balaban J connectivity index is 1.81. The third kappa shape index (κ3) is 6.99. The van der Waals surface area contributed by atoms with Crippen molar-refractivity contribution in [2.45, 2.75) is 32.9 Å². The first kappa shape index (κ1) is 21.9. The molecule has 6 nitrogen and oxygen atoms in total. The van der Waals surface area contributed by atoms with Crippen LogP contribution < -0.4 is 16.0 Å². The molecule has 154 valence electrons. The fourth-order valence-corrected chi connectivity index (χ4v) is 3.22. The van der Waals surface area contributed by atoms with Crippen LogP contribution in [0.2, 0.25) is 0 Å². The van der Waals surface area contributed by atoms with Crippen molar-refractivity contribution >= 4 is 23.1 Å². The average Bonchev–Trinajstić information content (AvgIpc) is 3.12. The van der Waals surface area contributed by atoms with E-state index >= 15 is 0 Å². The Morgan fingerprint density at radius 1 is 1.18 bits per heavy atom. The second-order valence-electron chi connectivity index (χ2n) is 5.84. The zero-order valence-electron chi connectivity index (χ0n) is 15.9. The van der Waals surface area contributed by atoms with Gasteiger partial charge in [0.2, 0.25) is 0 Å². The van der Waals surface area contributed by atoms with Gasteiger partial charge in [0.25, 0.3) is 0 Å². The molecule has 0 atom stereocenters. The summed E-state index contributed by atoms with van der Waals surface area (Å²) in [7, 11) is 0. The molecule has 0 unspecified atom stereocenters. The quantitative estimate of drug-likeness (QED) is 0.333. The van der Waals surface area contributed by atoms with Gasteiger partial charge in [-0.25, -0.2) is 9.97 Å². The lowest BCUT2D eigenvalue weighted by Crippen LogP contribution is -2.39. The molecule has 0 saturated heterocycles. The highest BCUT2D eigenvalue weighted by Crippen LogP contribution is 2.33. The van der Waals surface area contributed by atoms with E-state index in [0.717, 1.165) is 23.9 Å². The van der Waals surface area contributed by atoms with E-state index in [2.05, 4.69) is 37.8 Å². The summed E-state index contributed by atoms with van der Waals surface area (Å²) >= 11 is 1.69. The summed E-state index contributed by atoms with van der Waals surface area (Å²) in [6.45, 7) is 5.99. The summed E-state index contributed by atoms with van der Waals surface area (Å²) in [6.07, 6.45) is 0.519. The molecule has 0 fully saturated rings. The van der Waals surface area contributed by atoms with Crippen LogP contribution in [0.1, 0.15) is 29.3 Å². The lowest BCUT2D eigenvalue weighted by molar-refractivity contribution is -0.137. The largest absolute Gasteiger partial charge is 0.419 e. The lowest BCUT2D eigenvalue weighted by atomic mass is 10.2. The van der Waals surface area contributed by atoms with E-state index in [-0.39, 0.29) is 12.4 Å². The van der Waals surface area contributed by atoms with Crippen molar-refractivity contribution in [2.75, 3.05) is 31.5 Å². The van der Waals surface area contributed by atoms with Crippen LogP contribution in [0.25, 0.3) is 0 Å². The van der Waals surface area contributed by atoms with Crippen molar-refractivity contribution in [2.24, 2.45) is 4.99 Å². The monoisotopic (exact) mass is 414 g/mol. The summed E-state index contributed by atoms with van der Waals surface area (Å²) in [5, 5.41) is 9.99. The first-order chi connectivity index (χ1) is 13.4. The molecular formula is C18H25F3N6S. The maximum atomic E-state index is 13.0. The topological polar surface area (TPSA) is 74.2 Å². The van der Waals surface area contributed by atoms with Gasteiger partial charge in [-0.3, -0.25) is 4.99 Å². The fourth-order valence-electron chi connectivity index (χ4n) is 2.37. The number of aromatic nitrogens is 2. The number of hydrogen-bond donors (Lipinski definition) is 3. The molecule has 0 aliphatic carbocycles. The van der Waals surface area contributed by atoms with Crippen molar-refractivity contribution in [1.29, 1.82) is 0 Å². The Morgan fingerprint density at radius 3 is 2.68 bits per heavy atom. The van der Waals surface area contributed by atoms with Crippen LogP contribution in [0.4, 0.5) is 19.0 Å². The molecule has 3 N–H and O–H groups in total. The van der Waals surface area contributed by atoms with Crippen LogP contribution in [0.15, 0.2) is 29.5 Å². The molecule has 0 saturated carbocycles. The first-order valence-electron chi connectivity index (χ1n) is 9.15. The zero-order valence-corrected chi connectivity index (χ0v) is 16.8. The van der Waals surface area contributed by atoms with Crippen LogP contribution in [-0.2, 0) is 19.0 Å². The number of alkyl halides is 3. The summed E-state index contributed by atoms with van der Waals surface area (Å²) in [5.41, 5.74) is -0.773. The predicted molar refractivity (Wildman–Crippen MR) is 107 cm³/mol. The van der Waals surface area contributed by atoms with E-state index < -0.39 is 11.7 Å². The van der Waals surface area contributed by atoms with E-state index in [0.29, 0.717) is 25.6 Å². The molecule has 2 aromatic heterocycles. The smallest absolute Gasteiger partial charge is 0.368 e. The highest BCUT2D eigenvalue weighted by molar-refractivity contribution is 7.11. The number of hydrogen-bond acceptors (Lipinski definition) is 5. The standard InChI is InChI=1S/C18H25F3N6S/c1-3-13-12-27-15(28-13)7-9-25-17(22-4-2)26-11-10-24-16-14(18(19,20)21)6-5-8-23-16/h5-6,8,12H,3-4,7,9-11H2,1-2H3,(H,23,24)(H2,22,25,26).